The number of aryl methyl sites for hydroxylation is 1. The molecule has 1 amide bonds. The first-order chi connectivity index (χ1) is 15.9. The molecule has 8 nitrogen and oxygen atoms in total. The number of pyridine rings is 1. The lowest BCUT2D eigenvalue weighted by atomic mass is 10.0. The Morgan fingerprint density at radius 2 is 2.00 bits per heavy atom. The summed E-state index contributed by atoms with van der Waals surface area (Å²) in [6, 6.07) is 4.09. The highest BCUT2D eigenvalue weighted by atomic mass is 16.5. The van der Waals surface area contributed by atoms with Gasteiger partial charge in [0, 0.05) is 56.8 Å². The van der Waals surface area contributed by atoms with Gasteiger partial charge >= 0.3 is 0 Å². The van der Waals surface area contributed by atoms with E-state index in [9.17, 15) is 4.79 Å². The number of aromatic nitrogens is 3. The van der Waals surface area contributed by atoms with Gasteiger partial charge in [-0.2, -0.15) is 0 Å². The van der Waals surface area contributed by atoms with Crippen molar-refractivity contribution in [2.24, 2.45) is 5.92 Å². The number of hydrogen-bond acceptors (Lipinski definition) is 6. The van der Waals surface area contributed by atoms with Crippen LogP contribution in [-0.4, -0.2) is 58.7 Å². The van der Waals surface area contributed by atoms with E-state index in [-0.39, 0.29) is 17.9 Å². The molecule has 1 aliphatic heterocycles. The summed E-state index contributed by atoms with van der Waals surface area (Å²) >= 11 is 0. The molecule has 0 spiro atoms. The summed E-state index contributed by atoms with van der Waals surface area (Å²) in [5.74, 6) is 2.34. The Bertz CT molecular complexity index is 1130. The summed E-state index contributed by atoms with van der Waals surface area (Å²) in [5, 5.41) is 1.03. The molecule has 0 radical (unpaired) electrons. The van der Waals surface area contributed by atoms with Gasteiger partial charge in [-0.05, 0) is 18.1 Å². The van der Waals surface area contributed by atoms with Crippen LogP contribution in [0.2, 0.25) is 0 Å². The van der Waals surface area contributed by atoms with Crippen molar-refractivity contribution in [1.82, 2.24) is 19.9 Å². The zero-order valence-electron chi connectivity index (χ0n) is 20.1. The Morgan fingerprint density at radius 3 is 2.67 bits per heavy atom. The van der Waals surface area contributed by atoms with E-state index >= 15 is 0 Å². The van der Waals surface area contributed by atoms with E-state index in [1.807, 2.05) is 24.8 Å². The third-order valence-corrected chi connectivity index (χ3v) is 6.27. The van der Waals surface area contributed by atoms with Crippen LogP contribution in [0.3, 0.4) is 0 Å². The second-order valence-corrected chi connectivity index (χ2v) is 9.17. The Kier molecular flexibility index (Phi) is 7.02. The number of anilines is 1. The maximum atomic E-state index is 12.3. The highest BCUT2D eigenvalue weighted by Gasteiger charge is 2.26. The molecule has 1 aromatic carbocycles. The molecule has 1 fully saturated rings. The van der Waals surface area contributed by atoms with Crippen LogP contribution in [0.15, 0.2) is 12.1 Å². The minimum Gasteiger partial charge on any atom is -0.490 e. The van der Waals surface area contributed by atoms with Gasteiger partial charge in [-0.25, -0.2) is 9.97 Å². The van der Waals surface area contributed by atoms with Crippen molar-refractivity contribution in [1.29, 1.82) is 0 Å². The predicted molar refractivity (Wildman–Crippen MR) is 130 cm³/mol. The molecule has 3 aromatic rings. The van der Waals surface area contributed by atoms with Crippen LogP contribution in [-0.2, 0) is 22.4 Å². The second-order valence-electron chi connectivity index (χ2n) is 9.17. The van der Waals surface area contributed by atoms with Gasteiger partial charge in [-0.3, -0.25) is 4.79 Å². The summed E-state index contributed by atoms with van der Waals surface area (Å²) in [4.78, 5) is 27.1. The van der Waals surface area contributed by atoms with Gasteiger partial charge in [0.15, 0.2) is 0 Å². The smallest absolute Gasteiger partial charge is 0.225 e. The molecule has 8 heteroatoms. The minimum absolute atomic E-state index is 0.0324. The first kappa shape index (κ1) is 23.3. The van der Waals surface area contributed by atoms with Crippen LogP contribution in [0.1, 0.15) is 51.4 Å². The highest BCUT2D eigenvalue weighted by molar-refractivity contribution is 6.08. The molecule has 0 atom stereocenters. The predicted octanol–water partition coefficient (Wildman–Crippen LogP) is 3.86. The summed E-state index contributed by atoms with van der Waals surface area (Å²) < 4.78 is 11.6. The maximum absolute atomic E-state index is 12.3. The zero-order chi connectivity index (χ0) is 23.5. The zero-order valence-corrected chi connectivity index (χ0v) is 20.1. The number of ether oxygens (including phenoxy) is 2. The van der Waals surface area contributed by atoms with Crippen LogP contribution in [0.25, 0.3) is 21.9 Å². The van der Waals surface area contributed by atoms with Crippen molar-refractivity contribution in [2.45, 2.75) is 59.0 Å². The normalized spacial score (nSPS) is 15.1. The monoisotopic (exact) mass is 453 g/mol. The van der Waals surface area contributed by atoms with Crippen LogP contribution in [0.4, 0.5) is 5.82 Å². The van der Waals surface area contributed by atoms with Crippen LogP contribution >= 0.6 is 0 Å². The molecule has 178 valence electrons. The molecule has 3 heterocycles. The number of imidazole rings is 1. The first-order valence-electron chi connectivity index (χ1n) is 12.0. The van der Waals surface area contributed by atoms with Gasteiger partial charge in [0.25, 0.3) is 0 Å². The Balaban J connectivity index is 1.63. The summed E-state index contributed by atoms with van der Waals surface area (Å²) in [7, 11) is 1.68. The van der Waals surface area contributed by atoms with Crippen molar-refractivity contribution >= 4 is 33.7 Å². The number of piperidine rings is 1. The van der Waals surface area contributed by atoms with Crippen molar-refractivity contribution in [3.8, 4) is 5.75 Å². The molecule has 1 saturated heterocycles. The average molecular weight is 454 g/mol. The van der Waals surface area contributed by atoms with E-state index in [2.05, 4.69) is 18.0 Å². The van der Waals surface area contributed by atoms with E-state index in [4.69, 9.17) is 25.2 Å². The molecule has 2 aromatic heterocycles. The van der Waals surface area contributed by atoms with Crippen molar-refractivity contribution < 1.29 is 14.3 Å². The molecule has 0 aliphatic carbocycles. The molecule has 0 bridgehead atoms. The van der Waals surface area contributed by atoms with Crippen LogP contribution in [0.5, 0.6) is 5.75 Å². The van der Waals surface area contributed by atoms with E-state index in [0.717, 1.165) is 72.3 Å². The number of likely N-dealkylation sites (tertiary alicyclic amines) is 1. The Labute approximate surface area is 194 Å². The van der Waals surface area contributed by atoms with Crippen molar-refractivity contribution in [3.63, 3.8) is 0 Å². The molecular weight excluding hydrogens is 418 g/mol. The van der Waals surface area contributed by atoms with Crippen LogP contribution < -0.4 is 10.5 Å². The fourth-order valence-electron chi connectivity index (χ4n) is 4.60. The van der Waals surface area contributed by atoms with Gasteiger partial charge in [-0.15, -0.1) is 0 Å². The molecular formula is C25H35N5O3. The van der Waals surface area contributed by atoms with E-state index in [1.54, 1.807) is 7.11 Å². The SMILES string of the molecule is CCCc1cc(OC2CCN(C(=O)C(C)C)CC2)cc2nc(N)c3[nH]c(CCOC)nc3c12. The number of nitrogens with one attached hydrogen (secondary N) is 1. The lowest BCUT2D eigenvalue weighted by Gasteiger charge is -2.33. The summed E-state index contributed by atoms with van der Waals surface area (Å²) in [5.41, 5.74) is 9.91. The third kappa shape index (κ3) is 4.90. The quantitative estimate of drug-likeness (QED) is 0.536. The van der Waals surface area contributed by atoms with Gasteiger partial charge in [-0.1, -0.05) is 27.2 Å². The molecule has 0 saturated carbocycles. The van der Waals surface area contributed by atoms with Gasteiger partial charge < -0.3 is 25.1 Å². The molecule has 0 unspecified atom stereocenters. The topological polar surface area (TPSA) is 106 Å². The number of aromatic amines is 1. The average Bonchev–Trinajstić information content (AvgIpc) is 3.22. The summed E-state index contributed by atoms with van der Waals surface area (Å²) in [6.45, 7) is 8.13. The largest absolute Gasteiger partial charge is 0.490 e. The number of H-pyrrole nitrogens is 1. The third-order valence-electron chi connectivity index (χ3n) is 6.27. The first-order valence-corrected chi connectivity index (χ1v) is 12.0. The minimum atomic E-state index is 0.0324. The molecule has 33 heavy (non-hydrogen) atoms. The van der Waals surface area contributed by atoms with Gasteiger partial charge in [0.05, 0.1) is 12.1 Å². The summed E-state index contributed by atoms with van der Waals surface area (Å²) in [6.07, 6.45) is 4.33. The van der Waals surface area contributed by atoms with Gasteiger partial charge in [0.1, 0.15) is 34.5 Å². The standard InChI is InChI=1S/C25H35N5O3/c1-5-6-16-13-18(33-17-7-10-30(11-8-17)25(31)15(2)3)14-19-21(16)22-23(24(26)27-19)29-20(28-22)9-12-32-4/h13-15,17H,5-12H2,1-4H3,(H2,26,27)(H,28,29). The maximum Gasteiger partial charge on any atom is 0.225 e. The number of fused-ring (bicyclic) bond motifs is 3. The number of amides is 1. The number of nitrogen functional groups attached to an aromatic ring is 1. The Hall–Kier alpha value is -2.87. The number of nitrogens with zero attached hydrogens (tertiary/aromatic N) is 3. The highest BCUT2D eigenvalue weighted by Crippen LogP contribution is 2.34. The number of carbonyl (C=O) groups excluding carboxylic acids is 1. The number of hydrogen-bond donors (Lipinski definition) is 2. The number of rotatable bonds is 8. The number of methoxy groups -OCH3 is 1. The van der Waals surface area contributed by atoms with Gasteiger partial charge in [0.2, 0.25) is 5.91 Å². The molecule has 4 rings (SSSR count). The lowest BCUT2D eigenvalue weighted by molar-refractivity contribution is -0.136. The number of benzene rings is 1. The van der Waals surface area contributed by atoms with E-state index in [1.165, 1.54) is 5.56 Å². The molecule has 1 aliphatic rings. The second kappa shape index (κ2) is 9.95. The Morgan fingerprint density at radius 1 is 1.24 bits per heavy atom. The van der Waals surface area contributed by atoms with Crippen molar-refractivity contribution in [2.75, 3.05) is 32.5 Å². The number of carbonyl (C=O) groups is 1. The lowest BCUT2D eigenvalue weighted by Crippen LogP contribution is -2.43. The number of nitrogens with two attached hydrogens (primary N) is 1. The fraction of sp³-hybridized carbons (Fsp3) is 0.560. The van der Waals surface area contributed by atoms with Crippen molar-refractivity contribution in [3.05, 3.63) is 23.5 Å². The van der Waals surface area contributed by atoms with E-state index in [0.29, 0.717) is 18.8 Å². The van der Waals surface area contributed by atoms with E-state index < -0.39 is 0 Å². The molecule has 3 N–H and O–H groups in total. The fourth-order valence-corrected chi connectivity index (χ4v) is 4.60. The van der Waals surface area contributed by atoms with Crippen LogP contribution in [0, 0.1) is 5.92 Å².